The topological polar surface area (TPSA) is 74.6 Å². The smallest absolute Gasteiger partial charge is 0.345 e. The number of benzene rings is 1. The fraction of sp³-hybridized carbons (Fsp3) is 0.0769. The van der Waals surface area contributed by atoms with E-state index < -0.39 is 5.97 Å². The van der Waals surface area contributed by atoms with Crippen LogP contribution >= 0.6 is 11.3 Å². The molecule has 0 radical (unpaired) electrons. The Balaban J connectivity index is 2.47. The van der Waals surface area contributed by atoms with E-state index in [0.29, 0.717) is 0 Å². The number of thiophene rings is 1. The summed E-state index contributed by atoms with van der Waals surface area (Å²) < 4.78 is 0. The first kappa shape index (κ1) is 12.3. The van der Waals surface area contributed by atoms with Gasteiger partial charge in [0.25, 0.3) is 0 Å². The third kappa shape index (κ3) is 2.26. The number of phenols is 1. The molecule has 0 amide bonds. The number of carbonyl (C=O) groups is 2. The van der Waals surface area contributed by atoms with Crippen molar-refractivity contribution in [1.29, 1.82) is 0 Å². The van der Waals surface area contributed by atoms with Crippen molar-refractivity contribution in [3.05, 3.63) is 40.8 Å². The zero-order chi connectivity index (χ0) is 13.3. The summed E-state index contributed by atoms with van der Waals surface area (Å²) in [6, 6.07) is 7.85. The molecule has 2 N–H and O–H groups in total. The van der Waals surface area contributed by atoms with Crippen LogP contribution in [0.3, 0.4) is 0 Å². The van der Waals surface area contributed by atoms with E-state index in [2.05, 4.69) is 0 Å². The minimum Gasteiger partial charge on any atom is -0.507 e. The van der Waals surface area contributed by atoms with E-state index in [0.717, 1.165) is 21.8 Å². The Morgan fingerprint density at radius 2 is 1.89 bits per heavy atom. The molecular formula is C13H10O4S. The van der Waals surface area contributed by atoms with E-state index in [1.54, 1.807) is 18.2 Å². The lowest BCUT2D eigenvalue weighted by Gasteiger charge is -2.03. The molecule has 0 aliphatic heterocycles. The first-order valence-electron chi connectivity index (χ1n) is 5.16. The minimum atomic E-state index is -0.975. The molecule has 5 heteroatoms. The molecule has 0 atom stereocenters. The number of ketones is 1. The molecule has 0 unspecified atom stereocenters. The lowest BCUT2D eigenvalue weighted by molar-refractivity contribution is 0.0702. The zero-order valence-corrected chi connectivity index (χ0v) is 10.3. The lowest BCUT2D eigenvalue weighted by atomic mass is 10.1. The van der Waals surface area contributed by atoms with E-state index in [-0.39, 0.29) is 22.0 Å². The molecule has 2 rings (SSSR count). The van der Waals surface area contributed by atoms with Crippen LogP contribution in [0.4, 0.5) is 0 Å². The number of phenolic OH excluding ortho intramolecular Hbond substituents is 1. The summed E-state index contributed by atoms with van der Waals surface area (Å²) in [5.41, 5.74) is 0.952. The van der Waals surface area contributed by atoms with Gasteiger partial charge in [0.2, 0.25) is 0 Å². The Morgan fingerprint density at radius 3 is 2.44 bits per heavy atom. The predicted octanol–water partition coefficient (Wildman–Crippen LogP) is 3.02. The predicted molar refractivity (Wildman–Crippen MR) is 68.4 cm³/mol. The summed E-state index contributed by atoms with van der Waals surface area (Å²) in [6.45, 7) is 1.37. The molecular weight excluding hydrogens is 252 g/mol. The second-order valence-electron chi connectivity index (χ2n) is 3.76. The molecule has 0 aliphatic carbocycles. The van der Waals surface area contributed by atoms with Crippen molar-refractivity contribution < 1.29 is 19.8 Å². The zero-order valence-electron chi connectivity index (χ0n) is 9.51. The molecule has 18 heavy (non-hydrogen) atoms. The second-order valence-corrected chi connectivity index (χ2v) is 4.84. The fourth-order valence-electron chi connectivity index (χ4n) is 1.58. The van der Waals surface area contributed by atoms with E-state index >= 15 is 0 Å². The van der Waals surface area contributed by atoms with E-state index in [4.69, 9.17) is 5.11 Å². The largest absolute Gasteiger partial charge is 0.507 e. The summed E-state index contributed by atoms with van der Waals surface area (Å²) in [7, 11) is 0. The number of Topliss-reactive ketones (excluding diaryl/α,β-unsaturated/α-hetero) is 1. The monoisotopic (exact) mass is 262 g/mol. The number of rotatable bonds is 3. The van der Waals surface area contributed by atoms with E-state index in [9.17, 15) is 14.7 Å². The molecule has 92 valence electrons. The Kier molecular flexibility index (Phi) is 3.16. The molecule has 0 aliphatic rings. The average Bonchev–Trinajstić information content (AvgIpc) is 2.78. The van der Waals surface area contributed by atoms with Crippen LogP contribution in [0.25, 0.3) is 10.4 Å². The Hall–Kier alpha value is -2.14. The molecule has 0 saturated heterocycles. The van der Waals surface area contributed by atoms with Crippen molar-refractivity contribution in [2.24, 2.45) is 0 Å². The van der Waals surface area contributed by atoms with Gasteiger partial charge >= 0.3 is 5.97 Å². The summed E-state index contributed by atoms with van der Waals surface area (Å²) >= 11 is 1.13. The first-order chi connectivity index (χ1) is 8.49. The Morgan fingerprint density at radius 1 is 1.17 bits per heavy atom. The van der Waals surface area contributed by atoms with Gasteiger partial charge in [0.1, 0.15) is 10.6 Å². The molecule has 1 aromatic carbocycles. The summed E-state index contributed by atoms with van der Waals surface area (Å²) in [6.07, 6.45) is 0. The van der Waals surface area contributed by atoms with Crippen molar-refractivity contribution in [1.82, 2.24) is 0 Å². The van der Waals surface area contributed by atoms with Gasteiger partial charge in [-0.1, -0.05) is 0 Å². The lowest BCUT2D eigenvalue weighted by Crippen LogP contribution is -1.92. The molecule has 0 saturated carbocycles. The number of carboxylic acid groups (broad SMARTS) is 1. The van der Waals surface area contributed by atoms with Crippen molar-refractivity contribution in [2.75, 3.05) is 0 Å². The van der Waals surface area contributed by atoms with Crippen LogP contribution < -0.4 is 0 Å². The second kappa shape index (κ2) is 4.62. The molecule has 1 aromatic heterocycles. The van der Waals surface area contributed by atoms with Gasteiger partial charge in [-0.05, 0) is 42.8 Å². The van der Waals surface area contributed by atoms with Crippen LogP contribution in [-0.4, -0.2) is 22.0 Å². The van der Waals surface area contributed by atoms with Gasteiger partial charge in [0, 0.05) is 4.88 Å². The highest BCUT2D eigenvalue weighted by molar-refractivity contribution is 7.17. The maximum absolute atomic E-state index is 11.3. The van der Waals surface area contributed by atoms with Gasteiger partial charge in [-0.2, -0.15) is 0 Å². The van der Waals surface area contributed by atoms with E-state index in [1.165, 1.54) is 19.1 Å². The highest BCUT2D eigenvalue weighted by atomic mass is 32.1. The highest BCUT2D eigenvalue weighted by Gasteiger charge is 2.12. The van der Waals surface area contributed by atoms with Crippen LogP contribution in [0.5, 0.6) is 5.75 Å². The maximum Gasteiger partial charge on any atom is 0.345 e. The Labute approximate surface area is 107 Å². The maximum atomic E-state index is 11.3. The number of aromatic carboxylic acids is 1. The molecule has 4 nitrogen and oxygen atoms in total. The van der Waals surface area contributed by atoms with Gasteiger partial charge in [0.15, 0.2) is 5.78 Å². The van der Waals surface area contributed by atoms with Gasteiger partial charge < -0.3 is 10.2 Å². The number of hydrogen-bond donors (Lipinski definition) is 2. The fourth-order valence-corrected chi connectivity index (χ4v) is 2.42. The number of aromatic hydroxyl groups is 1. The SMILES string of the molecule is CC(=O)c1cc(-c2ccc(C(=O)O)s2)ccc1O. The van der Waals surface area contributed by atoms with Crippen LogP contribution in [0.1, 0.15) is 27.0 Å². The molecule has 0 bridgehead atoms. The van der Waals surface area contributed by atoms with Crippen LogP contribution in [0, 0.1) is 0 Å². The van der Waals surface area contributed by atoms with Gasteiger partial charge in [-0.15, -0.1) is 11.3 Å². The van der Waals surface area contributed by atoms with Crippen molar-refractivity contribution >= 4 is 23.1 Å². The molecule has 1 heterocycles. The van der Waals surface area contributed by atoms with Crippen LogP contribution in [0.15, 0.2) is 30.3 Å². The highest BCUT2D eigenvalue weighted by Crippen LogP contribution is 2.31. The van der Waals surface area contributed by atoms with Gasteiger partial charge in [-0.25, -0.2) is 4.79 Å². The first-order valence-corrected chi connectivity index (χ1v) is 5.98. The summed E-state index contributed by atoms with van der Waals surface area (Å²) in [4.78, 5) is 23.1. The van der Waals surface area contributed by atoms with Crippen LogP contribution in [-0.2, 0) is 0 Å². The van der Waals surface area contributed by atoms with E-state index in [1.807, 2.05) is 0 Å². The summed E-state index contributed by atoms with van der Waals surface area (Å²) in [5, 5.41) is 18.4. The molecule has 2 aromatic rings. The molecule has 0 spiro atoms. The van der Waals surface area contributed by atoms with Crippen LogP contribution in [0.2, 0.25) is 0 Å². The standard InChI is InChI=1S/C13H10O4S/c1-7(14)9-6-8(2-3-10(9)15)11-4-5-12(18-11)13(16)17/h2-6,15H,1H3,(H,16,17). The average molecular weight is 262 g/mol. The third-order valence-corrected chi connectivity index (χ3v) is 3.60. The van der Waals surface area contributed by atoms with Crippen molar-refractivity contribution in [3.8, 4) is 16.2 Å². The van der Waals surface area contributed by atoms with Crippen molar-refractivity contribution in [3.63, 3.8) is 0 Å². The summed E-state index contributed by atoms with van der Waals surface area (Å²) in [5.74, 6) is -1.28. The number of hydrogen-bond acceptors (Lipinski definition) is 4. The number of carbonyl (C=O) groups excluding carboxylic acids is 1. The normalized spacial score (nSPS) is 10.3. The third-order valence-electron chi connectivity index (χ3n) is 2.48. The van der Waals surface area contributed by atoms with Gasteiger partial charge in [0.05, 0.1) is 5.56 Å². The van der Waals surface area contributed by atoms with Crippen molar-refractivity contribution in [2.45, 2.75) is 6.92 Å². The van der Waals surface area contributed by atoms with Gasteiger partial charge in [-0.3, -0.25) is 4.79 Å². The minimum absolute atomic E-state index is 0.0683. The quantitative estimate of drug-likeness (QED) is 0.834. The number of carboxylic acids is 1. The molecule has 0 fully saturated rings. The Bertz CT molecular complexity index is 628.